The summed E-state index contributed by atoms with van der Waals surface area (Å²) in [7, 11) is 1.53. The van der Waals surface area contributed by atoms with Crippen LogP contribution in [-0.2, 0) is 18.4 Å². The van der Waals surface area contributed by atoms with Crippen molar-refractivity contribution < 1.29 is 32.9 Å². The van der Waals surface area contributed by atoms with Crippen LogP contribution in [0.15, 0.2) is 48.6 Å². The molecule has 0 aromatic heterocycles. The van der Waals surface area contributed by atoms with Crippen molar-refractivity contribution >= 4 is 13.7 Å². The van der Waals surface area contributed by atoms with Crippen LogP contribution >= 0.6 is 7.82 Å². The minimum absolute atomic E-state index is 0.0506. The Morgan fingerprint density at radius 3 is 1.66 bits per heavy atom. The molecule has 0 aliphatic heterocycles. The number of nitrogens with one attached hydrogen (secondary N) is 1. The zero-order valence-electron chi connectivity index (χ0n) is 32.9. The molecule has 0 saturated carbocycles. The SMILES string of the molecule is CCCC/C=C\CCCCCCCC(=O)NC(COP(=O)(O)OCC[N+](C)(C)C)C(O)/C=C/CC/C=C/CC/C=C/CCCCCCCCC. The monoisotopic (exact) mass is 726 g/mol. The van der Waals surface area contributed by atoms with Gasteiger partial charge < -0.3 is 19.8 Å². The van der Waals surface area contributed by atoms with Gasteiger partial charge in [0.2, 0.25) is 5.91 Å². The van der Waals surface area contributed by atoms with Crippen LogP contribution in [0.3, 0.4) is 0 Å². The molecule has 0 radical (unpaired) electrons. The normalized spacial score (nSPS) is 15.1. The van der Waals surface area contributed by atoms with Crippen molar-refractivity contribution in [3.8, 4) is 0 Å². The molecule has 0 aliphatic carbocycles. The molecule has 8 nitrogen and oxygen atoms in total. The summed E-state index contributed by atoms with van der Waals surface area (Å²) in [4.78, 5) is 23.0. The van der Waals surface area contributed by atoms with Gasteiger partial charge in [0.05, 0.1) is 39.9 Å². The number of phosphoric ester groups is 1. The molecular formula is C41H78N2O6P+. The van der Waals surface area contributed by atoms with E-state index >= 15 is 0 Å². The molecule has 3 atom stereocenters. The van der Waals surface area contributed by atoms with Gasteiger partial charge >= 0.3 is 7.82 Å². The summed E-state index contributed by atoms with van der Waals surface area (Å²) >= 11 is 0. The van der Waals surface area contributed by atoms with Gasteiger partial charge in [0.1, 0.15) is 13.2 Å². The molecule has 0 heterocycles. The van der Waals surface area contributed by atoms with Gasteiger partial charge in [-0.2, -0.15) is 0 Å². The first kappa shape index (κ1) is 48.5. The maximum atomic E-state index is 12.8. The second-order valence-corrected chi connectivity index (χ2v) is 16.1. The first-order valence-corrected chi connectivity index (χ1v) is 21.5. The van der Waals surface area contributed by atoms with Crippen molar-refractivity contribution in [3.63, 3.8) is 0 Å². The summed E-state index contributed by atoms with van der Waals surface area (Å²) in [5, 5.41) is 13.7. The predicted octanol–water partition coefficient (Wildman–Crippen LogP) is 10.5. The molecule has 9 heteroatoms. The van der Waals surface area contributed by atoms with Crippen LogP contribution in [-0.4, -0.2) is 73.4 Å². The maximum Gasteiger partial charge on any atom is 0.472 e. The van der Waals surface area contributed by atoms with E-state index in [0.29, 0.717) is 17.4 Å². The average molecular weight is 726 g/mol. The number of phosphoric acid groups is 1. The minimum Gasteiger partial charge on any atom is -0.387 e. The Bertz CT molecular complexity index is 959. The van der Waals surface area contributed by atoms with Crippen molar-refractivity contribution in [1.29, 1.82) is 0 Å². The summed E-state index contributed by atoms with van der Waals surface area (Å²) in [6, 6.07) is -0.871. The van der Waals surface area contributed by atoms with Crippen molar-refractivity contribution in [2.75, 3.05) is 40.9 Å². The first-order chi connectivity index (χ1) is 24.0. The van der Waals surface area contributed by atoms with Crippen LogP contribution in [0.4, 0.5) is 0 Å². The number of likely N-dealkylation sites (N-methyl/N-ethyl adjacent to an activating group) is 1. The van der Waals surface area contributed by atoms with Gasteiger partial charge in [-0.15, -0.1) is 0 Å². The van der Waals surface area contributed by atoms with Crippen LogP contribution in [0.2, 0.25) is 0 Å². The number of hydrogen-bond donors (Lipinski definition) is 3. The molecule has 3 N–H and O–H groups in total. The standard InChI is InChI=1S/C41H77N2O6P/c1-6-8-10-12-14-16-18-19-20-21-22-23-25-26-28-30-32-34-40(44)39(38-49-50(46,47)48-37-36-43(3,4)5)42-41(45)35-33-31-29-27-24-17-15-13-11-9-7-2/h13,15,20-21,25-26,32,34,39-40,44H,6-12,14,16-19,22-24,27-31,33,35-38H2,1-5H3,(H-,42,45,46,47)/p+1/b15-13-,21-20+,26-25+,34-32+. The van der Waals surface area contributed by atoms with Crippen LogP contribution < -0.4 is 5.32 Å². The number of carbonyl (C=O) groups excluding carboxylic acids is 1. The summed E-state index contributed by atoms with van der Waals surface area (Å²) in [6.45, 7) is 4.70. The van der Waals surface area contributed by atoms with E-state index < -0.39 is 20.0 Å². The number of nitrogens with zero attached hydrogens (tertiary/aromatic N) is 1. The molecule has 0 rings (SSSR count). The molecule has 0 spiro atoms. The second kappa shape index (κ2) is 33.3. The molecule has 0 fully saturated rings. The van der Waals surface area contributed by atoms with E-state index in [0.717, 1.165) is 70.6 Å². The zero-order valence-corrected chi connectivity index (χ0v) is 33.8. The molecule has 0 saturated heterocycles. The number of carbonyl (C=O) groups is 1. The molecule has 50 heavy (non-hydrogen) atoms. The minimum atomic E-state index is -4.34. The van der Waals surface area contributed by atoms with E-state index in [1.54, 1.807) is 6.08 Å². The number of aliphatic hydroxyl groups is 1. The largest absolute Gasteiger partial charge is 0.472 e. The Morgan fingerprint density at radius 1 is 0.660 bits per heavy atom. The summed E-state index contributed by atoms with van der Waals surface area (Å²) < 4.78 is 23.4. The number of unbranched alkanes of at least 4 members (excludes halogenated alkanes) is 16. The first-order valence-electron chi connectivity index (χ1n) is 20.0. The number of aliphatic hydroxyl groups excluding tert-OH is 1. The third-order valence-electron chi connectivity index (χ3n) is 8.50. The molecule has 0 aromatic carbocycles. The predicted molar refractivity (Wildman–Crippen MR) is 212 cm³/mol. The summed E-state index contributed by atoms with van der Waals surface area (Å²) in [5.74, 6) is -0.206. The zero-order chi connectivity index (χ0) is 37.2. The van der Waals surface area contributed by atoms with Crippen LogP contribution in [0.25, 0.3) is 0 Å². The highest BCUT2D eigenvalue weighted by Gasteiger charge is 2.27. The molecule has 0 aliphatic rings. The van der Waals surface area contributed by atoms with Crippen molar-refractivity contribution in [2.24, 2.45) is 0 Å². The van der Waals surface area contributed by atoms with E-state index in [9.17, 15) is 19.4 Å². The van der Waals surface area contributed by atoms with Crippen molar-refractivity contribution in [1.82, 2.24) is 5.32 Å². The lowest BCUT2D eigenvalue weighted by Crippen LogP contribution is -2.45. The number of allylic oxidation sites excluding steroid dienone is 7. The Morgan fingerprint density at radius 2 is 1.12 bits per heavy atom. The second-order valence-electron chi connectivity index (χ2n) is 14.6. The number of amides is 1. The lowest BCUT2D eigenvalue weighted by molar-refractivity contribution is -0.870. The Balaban J connectivity index is 4.60. The molecule has 3 unspecified atom stereocenters. The Hall–Kier alpha value is -1.54. The molecule has 0 aromatic rings. The molecule has 0 bridgehead atoms. The Kier molecular flexibility index (Phi) is 32.3. The third kappa shape index (κ3) is 34.9. The van der Waals surface area contributed by atoms with Crippen LogP contribution in [0.1, 0.15) is 155 Å². The van der Waals surface area contributed by atoms with Gasteiger partial charge in [-0.3, -0.25) is 13.8 Å². The topological polar surface area (TPSA) is 105 Å². The van der Waals surface area contributed by atoms with E-state index in [2.05, 4.69) is 55.6 Å². The summed E-state index contributed by atoms with van der Waals surface area (Å²) in [5.41, 5.74) is 0. The molecule has 292 valence electrons. The average Bonchev–Trinajstić information content (AvgIpc) is 3.06. The van der Waals surface area contributed by atoms with Crippen molar-refractivity contribution in [2.45, 2.75) is 167 Å². The quantitative estimate of drug-likeness (QED) is 0.0260. The van der Waals surface area contributed by atoms with Gasteiger partial charge in [0.15, 0.2) is 0 Å². The van der Waals surface area contributed by atoms with Gasteiger partial charge in [0.25, 0.3) is 0 Å². The van der Waals surface area contributed by atoms with Gasteiger partial charge in [-0.25, -0.2) is 4.57 Å². The fourth-order valence-electron chi connectivity index (χ4n) is 5.23. The van der Waals surface area contributed by atoms with Gasteiger partial charge in [0, 0.05) is 6.42 Å². The van der Waals surface area contributed by atoms with Gasteiger partial charge in [-0.1, -0.05) is 133 Å². The highest BCUT2D eigenvalue weighted by atomic mass is 31.2. The number of quaternary nitrogens is 1. The van der Waals surface area contributed by atoms with E-state index in [-0.39, 0.29) is 19.1 Å². The fraction of sp³-hybridized carbons (Fsp3) is 0.780. The lowest BCUT2D eigenvalue weighted by Gasteiger charge is -2.25. The smallest absolute Gasteiger partial charge is 0.387 e. The van der Waals surface area contributed by atoms with Gasteiger partial charge in [-0.05, 0) is 64.2 Å². The highest BCUT2D eigenvalue weighted by Crippen LogP contribution is 2.43. The maximum absolute atomic E-state index is 12.8. The van der Waals surface area contributed by atoms with E-state index in [1.165, 1.54) is 64.2 Å². The number of rotatable bonds is 35. The molecular weight excluding hydrogens is 647 g/mol. The number of hydrogen-bond acceptors (Lipinski definition) is 5. The van der Waals surface area contributed by atoms with Crippen LogP contribution in [0, 0.1) is 0 Å². The third-order valence-corrected chi connectivity index (χ3v) is 9.48. The van der Waals surface area contributed by atoms with Crippen LogP contribution in [0.5, 0.6) is 0 Å². The van der Waals surface area contributed by atoms with E-state index in [1.807, 2.05) is 27.2 Å². The molecule has 1 amide bonds. The summed E-state index contributed by atoms with van der Waals surface area (Å²) in [6.07, 6.45) is 40.4. The fourth-order valence-corrected chi connectivity index (χ4v) is 5.96. The Labute approximate surface area is 308 Å². The van der Waals surface area contributed by atoms with Crippen molar-refractivity contribution in [3.05, 3.63) is 48.6 Å². The highest BCUT2D eigenvalue weighted by molar-refractivity contribution is 7.47. The van der Waals surface area contributed by atoms with E-state index in [4.69, 9.17) is 9.05 Å². The lowest BCUT2D eigenvalue weighted by atomic mass is 10.1.